The summed E-state index contributed by atoms with van der Waals surface area (Å²) in [6, 6.07) is 8.19. The number of pyridine rings is 1. The number of amides is 1. The van der Waals surface area contributed by atoms with Crippen LogP contribution in [0.4, 0.5) is 10.2 Å². The number of nitrogens with zero attached hydrogens (tertiary/aromatic N) is 4. The van der Waals surface area contributed by atoms with E-state index >= 15 is 0 Å². The number of hydrogen-bond donors (Lipinski definition) is 1. The van der Waals surface area contributed by atoms with Gasteiger partial charge in [0.15, 0.2) is 0 Å². The molecule has 32 heavy (non-hydrogen) atoms. The lowest BCUT2D eigenvalue weighted by Crippen LogP contribution is -2.50. The van der Waals surface area contributed by atoms with Crippen molar-refractivity contribution in [1.29, 1.82) is 0 Å². The Balaban J connectivity index is 1.23. The molecule has 1 saturated heterocycles. The van der Waals surface area contributed by atoms with Gasteiger partial charge in [0.05, 0.1) is 11.9 Å². The van der Waals surface area contributed by atoms with Crippen LogP contribution >= 0.6 is 0 Å². The van der Waals surface area contributed by atoms with Gasteiger partial charge >= 0.3 is 0 Å². The van der Waals surface area contributed by atoms with Crippen molar-refractivity contribution in [2.75, 3.05) is 25.0 Å². The third-order valence-corrected chi connectivity index (χ3v) is 7.14. The van der Waals surface area contributed by atoms with Crippen molar-refractivity contribution in [2.45, 2.75) is 38.8 Å². The van der Waals surface area contributed by atoms with Crippen LogP contribution in [0.3, 0.4) is 0 Å². The van der Waals surface area contributed by atoms with Gasteiger partial charge in [-0.05, 0) is 56.0 Å². The lowest BCUT2D eigenvalue weighted by molar-refractivity contribution is -0.121. The molecule has 3 aromatic rings. The number of halogens is 1. The molecule has 1 aromatic carbocycles. The van der Waals surface area contributed by atoms with Gasteiger partial charge in [-0.3, -0.25) is 9.69 Å². The molecule has 1 aliphatic carbocycles. The summed E-state index contributed by atoms with van der Waals surface area (Å²) in [5.41, 5.74) is 2.15. The van der Waals surface area contributed by atoms with Gasteiger partial charge in [-0.15, -0.1) is 0 Å². The van der Waals surface area contributed by atoms with E-state index in [-0.39, 0.29) is 11.8 Å². The Hall–Kier alpha value is -2.80. The molecule has 1 saturated carbocycles. The molecule has 1 aliphatic heterocycles. The Kier molecular flexibility index (Phi) is 5.67. The molecule has 2 aromatic heterocycles. The molecule has 0 bridgehead atoms. The van der Waals surface area contributed by atoms with E-state index in [0.29, 0.717) is 24.8 Å². The highest BCUT2D eigenvalue weighted by atomic mass is 19.1. The molecule has 168 valence electrons. The zero-order chi connectivity index (χ0) is 22.2. The summed E-state index contributed by atoms with van der Waals surface area (Å²) in [7, 11) is 2.01. The summed E-state index contributed by atoms with van der Waals surface area (Å²) >= 11 is 0. The van der Waals surface area contributed by atoms with E-state index < -0.39 is 6.17 Å². The minimum atomic E-state index is -0.643. The first-order valence-electron chi connectivity index (χ1n) is 11.5. The van der Waals surface area contributed by atoms with Gasteiger partial charge in [0.1, 0.15) is 17.8 Å². The zero-order valence-electron chi connectivity index (χ0n) is 18.7. The number of aromatic nitrogens is 3. The molecular formula is C25H30FN5O. The van der Waals surface area contributed by atoms with E-state index in [4.69, 9.17) is 0 Å². The molecule has 0 atom stereocenters. The van der Waals surface area contributed by atoms with Gasteiger partial charge in [0.2, 0.25) is 5.91 Å². The Morgan fingerprint density at radius 2 is 1.88 bits per heavy atom. The third-order valence-electron chi connectivity index (χ3n) is 7.14. The fourth-order valence-corrected chi connectivity index (χ4v) is 5.00. The first-order chi connectivity index (χ1) is 15.5. The van der Waals surface area contributed by atoms with Crippen molar-refractivity contribution >= 4 is 22.5 Å². The Morgan fingerprint density at radius 3 is 2.56 bits per heavy atom. The summed E-state index contributed by atoms with van der Waals surface area (Å²) in [6.45, 7) is 4.12. The Morgan fingerprint density at radius 1 is 1.09 bits per heavy atom. The normalized spacial score (nSPS) is 22.1. The van der Waals surface area contributed by atoms with E-state index in [1.807, 2.05) is 32.4 Å². The highest BCUT2D eigenvalue weighted by molar-refractivity contribution is 5.95. The monoisotopic (exact) mass is 435 g/mol. The van der Waals surface area contributed by atoms with E-state index in [1.165, 1.54) is 0 Å². The number of anilines is 1. The first-order valence-corrected chi connectivity index (χ1v) is 11.5. The molecule has 0 spiro atoms. The van der Waals surface area contributed by atoms with Crippen molar-refractivity contribution in [3.63, 3.8) is 0 Å². The highest BCUT2D eigenvalue weighted by Crippen LogP contribution is 2.32. The Labute approximate surface area is 187 Å². The van der Waals surface area contributed by atoms with Crippen LogP contribution in [0.2, 0.25) is 0 Å². The Bertz CT molecular complexity index is 1130. The van der Waals surface area contributed by atoms with Crippen molar-refractivity contribution in [2.24, 2.45) is 18.9 Å². The molecule has 1 amide bonds. The second kappa shape index (κ2) is 8.62. The third kappa shape index (κ3) is 4.26. The molecule has 0 unspecified atom stereocenters. The number of hydrogen-bond acceptors (Lipinski definition) is 4. The highest BCUT2D eigenvalue weighted by Gasteiger charge is 2.31. The summed E-state index contributed by atoms with van der Waals surface area (Å²) in [5.74, 6) is 2.23. The standard InChI is InChI=1S/C25H30FN5O/c1-16-27-12-23(30(16)2)19-7-8-20-11-28-24(10-21(20)9-19)29-25(32)18-5-3-17(4-6-18)13-31-14-22(26)15-31/h7-12,17-18,22H,3-6,13-15H2,1-2H3,(H,28,29,32). The van der Waals surface area contributed by atoms with E-state index in [1.54, 1.807) is 0 Å². The van der Waals surface area contributed by atoms with Crippen LogP contribution < -0.4 is 5.32 Å². The van der Waals surface area contributed by atoms with E-state index in [9.17, 15) is 9.18 Å². The number of aryl methyl sites for hydroxylation is 1. The number of fused-ring (bicyclic) bond motifs is 1. The number of carbonyl (C=O) groups is 1. The fraction of sp³-hybridized carbons (Fsp3) is 0.480. The minimum absolute atomic E-state index is 0.0258. The molecule has 2 fully saturated rings. The van der Waals surface area contributed by atoms with Gasteiger partial charge in [-0.25, -0.2) is 14.4 Å². The largest absolute Gasteiger partial charge is 0.331 e. The van der Waals surface area contributed by atoms with Crippen LogP contribution in [0.5, 0.6) is 0 Å². The van der Waals surface area contributed by atoms with Crippen molar-refractivity contribution in [1.82, 2.24) is 19.4 Å². The number of nitrogens with one attached hydrogen (secondary N) is 1. The zero-order valence-corrected chi connectivity index (χ0v) is 18.7. The van der Waals surface area contributed by atoms with Gasteiger partial charge < -0.3 is 9.88 Å². The number of rotatable bonds is 5. The number of carbonyl (C=O) groups excluding carboxylic acids is 1. The maximum atomic E-state index is 13.0. The predicted octanol–water partition coefficient (Wildman–Crippen LogP) is 4.34. The topological polar surface area (TPSA) is 63.1 Å². The van der Waals surface area contributed by atoms with E-state index in [0.717, 1.165) is 60.1 Å². The predicted molar refractivity (Wildman–Crippen MR) is 124 cm³/mol. The van der Waals surface area contributed by atoms with Crippen molar-refractivity contribution in [3.8, 4) is 11.3 Å². The maximum absolute atomic E-state index is 13.0. The van der Waals surface area contributed by atoms with Crippen LogP contribution in [-0.2, 0) is 11.8 Å². The van der Waals surface area contributed by atoms with Crippen LogP contribution in [-0.4, -0.2) is 51.1 Å². The number of imidazole rings is 1. The fourth-order valence-electron chi connectivity index (χ4n) is 5.00. The van der Waals surface area contributed by atoms with Crippen molar-refractivity contribution < 1.29 is 9.18 Å². The second-order valence-electron chi connectivity index (χ2n) is 9.40. The van der Waals surface area contributed by atoms with Crippen LogP contribution in [0, 0.1) is 18.8 Å². The molecule has 0 radical (unpaired) electrons. The van der Waals surface area contributed by atoms with Crippen LogP contribution in [0.15, 0.2) is 36.7 Å². The second-order valence-corrected chi connectivity index (χ2v) is 9.40. The molecule has 2 aliphatic rings. The van der Waals surface area contributed by atoms with Crippen LogP contribution in [0.25, 0.3) is 22.0 Å². The maximum Gasteiger partial charge on any atom is 0.228 e. The number of alkyl halides is 1. The summed E-state index contributed by atoms with van der Waals surface area (Å²) < 4.78 is 15.1. The first kappa shape index (κ1) is 21.1. The summed E-state index contributed by atoms with van der Waals surface area (Å²) in [4.78, 5) is 23.9. The minimum Gasteiger partial charge on any atom is -0.331 e. The van der Waals surface area contributed by atoms with Gasteiger partial charge in [0, 0.05) is 49.7 Å². The molecule has 1 N–H and O–H groups in total. The molecule has 5 rings (SSSR count). The lowest BCUT2D eigenvalue weighted by Gasteiger charge is -2.38. The average molecular weight is 436 g/mol. The smallest absolute Gasteiger partial charge is 0.228 e. The van der Waals surface area contributed by atoms with Crippen LogP contribution in [0.1, 0.15) is 31.5 Å². The number of benzene rings is 1. The molecule has 3 heterocycles. The lowest BCUT2D eigenvalue weighted by atomic mass is 9.81. The number of likely N-dealkylation sites (tertiary alicyclic amines) is 1. The summed E-state index contributed by atoms with van der Waals surface area (Å²) in [6.07, 6.45) is 6.90. The van der Waals surface area contributed by atoms with Gasteiger partial charge in [0.25, 0.3) is 0 Å². The van der Waals surface area contributed by atoms with Gasteiger partial charge in [-0.1, -0.05) is 12.1 Å². The average Bonchev–Trinajstić information content (AvgIpc) is 3.11. The molecular weight excluding hydrogens is 405 g/mol. The summed E-state index contributed by atoms with van der Waals surface area (Å²) in [5, 5.41) is 5.11. The van der Waals surface area contributed by atoms with Gasteiger partial charge in [-0.2, -0.15) is 0 Å². The van der Waals surface area contributed by atoms with Crippen molar-refractivity contribution in [3.05, 3.63) is 42.5 Å². The van der Waals surface area contributed by atoms with E-state index in [2.05, 4.69) is 43.0 Å². The molecule has 7 heteroatoms. The quantitative estimate of drug-likeness (QED) is 0.648. The molecule has 6 nitrogen and oxygen atoms in total. The SMILES string of the molecule is Cc1ncc(-c2ccc3cnc(NC(=O)C4CCC(CN5CC(F)C5)CC4)cc3c2)n1C.